The number of aryl methyl sites for hydroxylation is 1. The number of phenols is 1. The minimum Gasteiger partial charge on any atom is -0.507 e. The predicted molar refractivity (Wildman–Crippen MR) is 58.3 cm³/mol. The van der Waals surface area contributed by atoms with Gasteiger partial charge in [-0.3, -0.25) is 0 Å². The van der Waals surface area contributed by atoms with Gasteiger partial charge in [-0.1, -0.05) is 6.07 Å². The summed E-state index contributed by atoms with van der Waals surface area (Å²) in [4.78, 5) is 11.4. The van der Waals surface area contributed by atoms with Crippen molar-refractivity contribution < 1.29 is 23.1 Å². The van der Waals surface area contributed by atoms with Crippen LogP contribution in [0.25, 0.3) is 0 Å². The number of ether oxygens (including phenoxy) is 1. The number of thiol groups is 1. The molecule has 1 aromatic carbocycles. The zero-order valence-electron chi connectivity index (χ0n) is 8.67. The highest BCUT2D eigenvalue weighted by Gasteiger charge is 2.12. The van der Waals surface area contributed by atoms with Gasteiger partial charge in [0.05, 0.1) is 5.75 Å². The number of carbonyl (C=O) groups is 1. The van der Waals surface area contributed by atoms with E-state index in [1.54, 1.807) is 13.0 Å². The van der Waals surface area contributed by atoms with Gasteiger partial charge in [-0.05, 0) is 24.6 Å². The summed E-state index contributed by atoms with van der Waals surface area (Å²) in [7, 11) is -2.55. The lowest BCUT2D eigenvalue weighted by atomic mass is 10.1. The third kappa shape index (κ3) is 3.54. The van der Waals surface area contributed by atoms with Gasteiger partial charge in [-0.2, -0.15) is 0 Å². The van der Waals surface area contributed by atoms with Crippen molar-refractivity contribution in [1.29, 1.82) is 0 Å². The van der Waals surface area contributed by atoms with E-state index in [1.165, 1.54) is 12.1 Å². The molecular formula is C10H12O5S. The summed E-state index contributed by atoms with van der Waals surface area (Å²) in [5.41, 5.74) is 0.850. The van der Waals surface area contributed by atoms with Gasteiger partial charge in [0.2, 0.25) is 0 Å². The molecule has 0 unspecified atom stereocenters. The molecule has 16 heavy (non-hydrogen) atoms. The number of phenolic OH excluding ortho intramolecular Hbond substituents is 1. The number of carbonyl (C=O) groups excluding carboxylic acids is 1. The maximum Gasteiger partial charge on any atom is 0.341 e. The SMILES string of the molecule is Cc1ccc(C(=O)OCC[SH](=O)=O)c(O)c1. The summed E-state index contributed by atoms with van der Waals surface area (Å²) in [5, 5.41) is 9.45. The Labute approximate surface area is 94.6 Å². The molecule has 0 aliphatic carbocycles. The van der Waals surface area contributed by atoms with Gasteiger partial charge in [-0.15, -0.1) is 0 Å². The highest BCUT2D eigenvalue weighted by atomic mass is 32.2. The van der Waals surface area contributed by atoms with Gasteiger partial charge >= 0.3 is 5.97 Å². The maximum atomic E-state index is 11.4. The standard InChI is InChI=1S/C10H12O5S/c1-7-2-3-8(9(11)6-7)10(12)15-4-5-16(13)14/h2-3,6,11,16H,4-5H2,1H3. The first-order chi connectivity index (χ1) is 7.50. The molecular weight excluding hydrogens is 232 g/mol. The first-order valence-corrected chi connectivity index (χ1v) is 5.95. The van der Waals surface area contributed by atoms with Crippen molar-refractivity contribution in [2.24, 2.45) is 0 Å². The predicted octanol–water partition coefficient (Wildman–Crippen LogP) is 0.469. The Kier molecular flexibility index (Phi) is 4.30. The fraction of sp³-hybridized carbons (Fsp3) is 0.300. The zero-order valence-corrected chi connectivity index (χ0v) is 9.57. The molecule has 0 spiro atoms. The maximum absolute atomic E-state index is 11.4. The van der Waals surface area contributed by atoms with Crippen molar-refractivity contribution >= 4 is 16.7 Å². The lowest BCUT2D eigenvalue weighted by Crippen LogP contribution is -2.09. The van der Waals surface area contributed by atoms with Crippen molar-refractivity contribution in [3.63, 3.8) is 0 Å². The van der Waals surface area contributed by atoms with Crippen LogP contribution < -0.4 is 0 Å². The Morgan fingerprint density at radius 1 is 1.44 bits per heavy atom. The summed E-state index contributed by atoms with van der Waals surface area (Å²) in [6, 6.07) is 4.53. The Balaban J connectivity index is 2.66. The molecule has 0 fully saturated rings. The van der Waals surface area contributed by atoms with E-state index in [9.17, 15) is 18.3 Å². The third-order valence-corrected chi connectivity index (χ3v) is 2.43. The molecule has 0 saturated heterocycles. The van der Waals surface area contributed by atoms with Gasteiger partial charge in [0.15, 0.2) is 0 Å². The van der Waals surface area contributed by atoms with Gasteiger partial charge in [-0.25, -0.2) is 13.2 Å². The largest absolute Gasteiger partial charge is 0.507 e. The fourth-order valence-electron chi connectivity index (χ4n) is 1.10. The van der Waals surface area contributed by atoms with E-state index in [4.69, 9.17) is 0 Å². The van der Waals surface area contributed by atoms with Crippen LogP contribution in [0.1, 0.15) is 15.9 Å². The first kappa shape index (κ1) is 12.5. The van der Waals surface area contributed by atoms with Crippen molar-refractivity contribution in [2.45, 2.75) is 6.92 Å². The van der Waals surface area contributed by atoms with E-state index in [2.05, 4.69) is 4.74 Å². The van der Waals surface area contributed by atoms with E-state index in [1.807, 2.05) is 0 Å². The molecule has 1 aromatic rings. The lowest BCUT2D eigenvalue weighted by molar-refractivity contribution is 0.0526. The molecule has 0 aliphatic rings. The topological polar surface area (TPSA) is 80.7 Å². The minimum absolute atomic E-state index is 0.0340. The van der Waals surface area contributed by atoms with Gasteiger partial charge < -0.3 is 9.84 Å². The summed E-state index contributed by atoms with van der Waals surface area (Å²) in [6.45, 7) is 1.57. The van der Waals surface area contributed by atoms with Crippen LogP contribution in [0.15, 0.2) is 18.2 Å². The monoisotopic (exact) mass is 244 g/mol. The quantitative estimate of drug-likeness (QED) is 0.594. The molecule has 6 heteroatoms. The molecule has 0 aromatic heterocycles. The van der Waals surface area contributed by atoms with E-state index < -0.39 is 16.7 Å². The van der Waals surface area contributed by atoms with E-state index in [-0.39, 0.29) is 23.7 Å². The lowest BCUT2D eigenvalue weighted by Gasteiger charge is -2.05. The second-order valence-corrected chi connectivity index (χ2v) is 4.33. The number of aromatic hydroxyl groups is 1. The van der Waals surface area contributed by atoms with Gasteiger partial charge in [0.1, 0.15) is 28.6 Å². The summed E-state index contributed by atoms with van der Waals surface area (Å²) >= 11 is 0. The molecule has 0 atom stereocenters. The van der Waals surface area contributed by atoms with Crippen LogP contribution in [-0.4, -0.2) is 31.9 Å². The molecule has 88 valence electrons. The minimum atomic E-state index is -2.55. The van der Waals surface area contributed by atoms with E-state index in [0.717, 1.165) is 5.56 Å². The Hall–Kier alpha value is -1.56. The van der Waals surface area contributed by atoms with E-state index >= 15 is 0 Å². The fourth-order valence-corrected chi connectivity index (χ4v) is 1.35. The second kappa shape index (κ2) is 5.50. The zero-order chi connectivity index (χ0) is 12.1. The van der Waals surface area contributed by atoms with Crippen LogP contribution in [-0.2, 0) is 15.4 Å². The van der Waals surface area contributed by atoms with Crippen LogP contribution in [0.2, 0.25) is 0 Å². The molecule has 1 N–H and O–H groups in total. The summed E-state index contributed by atoms with van der Waals surface area (Å²) in [5.74, 6) is -1.11. The number of rotatable bonds is 4. The number of hydrogen-bond acceptors (Lipinski definition) is 5. The number of hydrogen-bond donors (Lipinski definition) is 2. The third-order valence-electron chi connectivity index (χ3n) is 1.88. The Morgan fingerprint density at radius 3 is 2.69 bits per heavy atom. The van der Waals surface area contributed by atoms with Crippen molar-refractivity contribution in [2.75, 3.05) is 12.4 Å². The second-order valence-electron chi connectivity index (χ2n) is 3.21. The molecule has 0 saturated carbocycles. The van der Waals surface area contributed by atoms with Crippen LogP contribution in [0.3, 0.4) is 0 Å². The van der Waals surface area contributed by atoms with Gasteiger partial charge in [0, 0.05) is 0 Å². The molecule has 1 rings (SSSR count). The van der Waals surface area contributed by atoms with Crippen LogP contribution in [0.5, 0.6) is 5.75 Å². The van der Waals surface area contributed by atoms with Gasteiger partial charge in [0.25, 0.3) is 0 Å². The average molecular weight is 244 g/mol. The molecule has 0 radical (unpaired) electrons. The molecule has 0 bridgehead atoms. The highest BCUT2D eigenvalue weighted by Crippen LogP contribution is 2.19. The van der Waals surface area contributed by atoms with Crippen molar-refractivity contribution in [3.8, 4) is 5.75 Å². The number of benzene rings is 1. The smallest absolute Gasteiger partial charge is 0.341 e. The molecule has 5 nitrogen and oxygen atoms in total. The molecule has 0 amide bonds. The normalized spacial score (nSPS) is 10.4. The molecule has 0 heterocycles. The van der Waals surface area contributed by atoms with E-state index in [0.29, 0.717) is 0 Å². The highest BCUT2D eigenvalue weighted by molar-refractivity contribution is 7.72. The summed E-state index contributed by atoms with van der Waals surface area (Å²) in [6.07, 6.45) is 0. The van der Waals surface area contributed by atoms with Crippen molar-refractivity contribution in [3.05, 3.63) is 29.3 Å². The Bertz CT molecular complexity index is 456. The summed E-state index contributed by atoms with van der Waals surface area (Å²) < 4.78 is 25.1. The Morgan fingerprint density at radius 2 is 2.12 bits per heavy atom. The first-order valence-electron chi connectivity index (χ1n) is 4.59. The van der Waals surface area contributed by atoms with Crippen LogP contribution in [0.4, 0.5) is 0 Å². The van der Waals surface area contributed by atoms with Crippen LogP contribution in [0, 0.1) is 6.92 Å². The number of esters is 1. The average Bonchev–Trinajstić information content (AvgIpc) is 2.16. The molecule has 0 aliphatic heterocycles. The van der Waals surface area contributed by atoms with Crippen molar-refractivity contribution in [1.82, 2.24) is 0 Å². The van der Waals surface area contributed by atoms with Crippen LogP contribution >= 0.6 is 0 Å².